The molecule has 3 amide bonds. The number of imide groups is 1. The molecule has 1 aliphatic rings. The first-order chi connectivity index (χ1) is 13.5. The van der Waals surface area contributed by atoms with Crippen LogP contribution in [-0.4, -0.2) is 24.5 Å². The minimum absolute atomic E-state index is 0.178. The van der Waals surface area contributed by atoms with Gasteiger partial charge in [0.15, 0.2) is 0 Å². The molecule has 1 heterocycles. The second-order valence-electron chi connectivity index (χ2n) is 6.71. The van der Waals surface area contributed by atoms with Gasteiger partial charge in [0.2, 0.25) is 0 Å². The summed E-state index contributed by atoms with van der Waals surface area (Å²) in [6, 6.07) is 7.30. The topological polar surface area (TPSA) is 84.5 Å². The maximum absolute atomic E-state index is 12.8. The van der Waals surface area contributed by atoms with Gasteiger partial charge in [-0.15, -0.1) is 11.3 Å². The second-order valence-corrected chi connectivity index (χ2v) is 7.82. The van der Waals surface area contributed by atoms with Crippen LogP contribution < -0.4 is 10.6 Å². The SMILES string of the molecule is CCOC(=O)NC(=O)c1c(NC(=O)c2ccccc2C)sc2c1CCCCC2. The van der Waals surface area contributed by atoms with E-state index in [9.17, 15) is 14.4 Å². The highest BCUT2D eigenvalue weighted by molar-refractivity contribution is 7.17. The second kappa shape index (κ2) is 9.01. The third-order valence-corrected chi connectivity index (χ3v) is 5.96. The molecule has 28 heavy (non-hydrogen) atoms. The van der Waals surface area contributed by atoms with Crippen LogP contribution in [0.15, 0.2) is 24.3 Å². The molecule has 0 radical (unpaired) electrons. The zero-order valence-corrected chi connectivity index (χ0v) is 16.9. The Morgan fingerprint density at radius 2 is 1.82 bits per heavy atom. The summed E-state index contributed by atoms with van der Waals surface area (Å²) in [5.74, 6) is -0.794. The van der Waals surface area contributed by atoms with Crippen LogP contribution in [0.4, 0.5) is 9.80 Å². The summed E-state index contributed by atoms with van der Waals surface area (Å²) < 4.78 is 4.83. The summed E-state index contributed by atoms with van der Waals surface area (Å²) in [5.41, 5.74) is 2.74. The standard InChI is InChI=1S/C21H24N2O4S/c1-3-27-21(26)23-19(25)17-15-11-5-4-6-12-16(15)28-20(17)22-18(24)14-10-8-7-9-13(14)2/h7-10H,3-6,11-12H2,1-2H3,(H,22,24)(H,23,25,26). The minimum Gasteiger partial charge on any atom is -0.450 e. The Morgan fingerprint density at radius 1 is 1.07 bits per heavy atom. The molecule has 0 aliphatic heterocycles. The lowest BCUT2D eigenvalue weighted by Gasteiger charge is -2.10. The summed E-state index contributed by atoms with van der Waals surface area (Å²) in [7, 11) is 0. The number of hydrogen-bond acceptors (Lipinski definition) is 5. The van der Waals surface area contributed by atoms with Crippen LogP contribution >= 0.6 is 11.3 Å². The number of ether oxygens (including phenoxy) is 1. The van der Waals surface area contributed by atoms with Crippen molar-refractivity contribution >= 4 is 34.2 Å². The van der Waals surface area contributed by atoms with E-state index >= 15 is 0 Å². The first-order valence-corrected chi connectivity index (χ1v) is 10.3. The molecule has 2 N–H and O–H groups in total. The van der Waals surface area contributed by atoms with Gasteiger partial charge in [0.1, 0.15) is 5.00 Å². The summed E-state index contributed by atoms with van der Waals surface area (Å²) >= 11 is 1.43. The normalized spacial score (nSPS) is 13.2. The van der Waals surface area contributed by atoms with Crippen LogP contribution in [0.5, 0.6) is 0 Å². The van der Waals surface area contributed by atoms with Crippen molar-refractivity contribution in [3.63, 3.8) is 0 Å². The molecule has 1 aromatic carbocycles. The van der Waals surface area contributed by atoms with Gasteiger partial charge in [0, 0.05) is 10.4 Å². The van der Waals surface area contributed by atoms with Gasteiger partial charge >= 0.3 is 6.09 Å². The molecule has 7 heteroatoms. The van der Waals surface area contributed by atoms with Crippen LogP contribution in [0.2, 0.25) is 0 Å². The molecule has 0 spiro atoms. The Balaban J connectivity index is 1.93. The fourth-order valence-electron chi connectivity index (χ4n) is 3.39. The number of aryl methyl sites for hydroxylation is 2. The van der Waals surface area contributed by atoms with Gasteiger partial charge in [-0.05, 0) is 56.7 Å². The third kappa shape index (κ3) is 4.42. The van der Waals surface area contributed by atoms with E-state index in [1.165, 1.54) is 11.3 Å². The number of carbonyl (C=O) groups excluding carboxylic acids is 3. The molecule has 0 fully saturated rings. The van der Waals surface area contributed by atoms with Crippen molar-refractivity contribution in [1.29, 1.82) is 0 Å². The van der Waals surface area contributed by atoms with Crippen molar-refractivity contribution in [3.8, 4) is 0 Å². The maximum Gasteiger partial charge on any atom is 0.414 e. The quantitative estimate of drug-likeness (QED) is 0.742. The first-order valence-electron chi connectivity index (χ1n) is 9.50. The molecule has 1 aliphatic carbocycles. The van der Waals surface area contributed by atoms with Crippen LogP contribution in [0.1, 0.15) is 62.9 Å². The molecule has 2 aromatic rings. The van der Waals surface area contributed by atoms with E-state index in [1.807, 2.05) is 19.1 Å². The van der Waals surface area contributed by atoms with Crippen molar-refractivity contribution in [2.75, 3.05) is 11.9 Å². The molecule has 148 valence electrons. The molecule has 6 nitrogen and oxygen atoms in total. The highest BCUT2D eigenvalue weighted by Crippen LogP contribution is 2.37. The lowest BCUT2D eigenvalue weighted by molar-refractivity contribution is 0.0925. The summed E-state index contributed by atoms with van der Waals surface area (Å²) in [4.78, 5) is 38.5. The Kier molecular flexibility index (Phi) is 6.46. The number of anilines is 1. The van der Waals surface area contributed by atoms with E-state index in [4.69, 9.17) is 4.74 Å². The van der Waals surface area contributed by atoms with Crippen LogP contribution in [-0.2, 0) is 17.6 Å². The number of rotatable bonds is 4. The van der Waals surface area contributed by atoms with Crippen LogP contribution in [0.25, 0.3) is 0 Å². The zero-order valence-electron chi connectivity index (χ0n) is 16.1. The highest BCUT2D eigenvalue weighted by atomic mass is 32.1. The van der Waals surface area contributed by atoms with Gasteiger partial charge in [-0.25, -0.2) is 4.79 Å². The molecule has 0 bridgehead atoms. The van der Waals surface area contributed by atoms with E-state index in [0.717, 1.165) is 48.1 Å². The molecule has 0 unspecified atom stereocenters. The Labute approximate surface area is 168 Å². The van der Waals surface area contributed by atoms with Crippen molar-refractivity contribution in [2.45, 2.75) is 46.0 Å². The maximum atomic E-state index is 12.8. The van der Waals surface area contributed by atoms with Gasteiger partial charge in [-0.1, -0.05) is 24.6 Å². The van der Waals surface area contributed by atoms with Crippen LogP contribution in [0.3, 0.4) is 0 Å². The number of alkyl carbamates (subject to hydrolysis) is 1. The molecule has 0 saturated carbocycles. The number of fused-ring (bicyclic) bond motifs is 1. The van der Waals surface area contributed by atoms with E-state index in [1.54, 1.807) is 19.1 Å². The predicted octanol–water partition coefficient (Wildman–Crippen LogP) is 4.46. The largest absolute Gasteiger partial charge is 0.450 e. The summed E-state index contributed by atoms with van der Waals surface area (Å²) in [5, 5.41) is 5.66. The predicted molar refractivity (Wildman–Crippen MR) is 109 cm³/mol. The number of benzene rings is 1. The fourth-order valence-corrected chi connectivity index (χ4v) is 4.67. The van der Waals surface area contributed by atoms with Gasteiger partial charge in [0.25, 0.3) is 11.8 Å². The molecule has 1 aromatic heterocycles. The molecular formula is C21H24N2O4S. The Bertz CT molecular complexity index is 904. The van der Waals surface area contributed by atoms with Crippen molar-refractivity contribution in [3.05, 3.63) is 51.4 Å². The monoisotopic (exact) mass is 400 g/mol. The summed E-state index contributed by atoms with van der Waals surface area (Å²) in [6.45, 7) is 3.72. The number of nitrogens with one attached hydrogen (secondary N) is 2. The van der Waals surface area contributed by atoms with Gasteiger partial charge in [0.05, 0.1) is 12.2 Å². The van der Waals surface area contributed by atoms with E-state index in [-0.39, 0.29) is 12.5 Å². The smallest absolute Gasteiger partial charge is 0.414 e. The molecular weight excluding hydrogens is 376 g/mol. The van der Waals surface area contributed by atoms with Crippen LogP contribution in [0, 0.1) is 6.92 Å². The lowest BCUT2D eigenvalue weighted by atomic mass is 10.0. The number of hydrogen-bond donors (Lipinski definition) is 2. The number of thiophene rings is 1. The van der Waals surface area contributed by atoms with Crippen molar-refractivity contribution in [2.24, 2.45) is 0 Å². The van der Waals surface area contributed by atoms with Gasteiger partial charge in [-0.2, -0.15) is 0 Å². The van der Waals surface area contributed by atoms with E-state index in [2.05, 4.69) is 10.6 Å². The molecule has 0 saturated heterocycles. The number of carbonyl (C=O) groups is 3. The van der Waals surface area contributed by atoms with Crippen molar-refractivity contribution < 1.29 is 19.1 Å². The van der Waals surface area contributed by atoms with E-state index < -0.39 is 12.0 Å². The fraction of sp³-hybridized carbons (Fsp3) is 0.381. The molecule has 0 atom stereocenters. The van der Waals surface area contributed by atoms with Gasteiger partial charge < -0.3 is 10.1 Å². The van der Waals surface area contributed by atoms with Crippen molar-refractivity contribution in [1.82, 2.24) is 5.32 Å². The Hall–Kier alpha value is -2.67. The minimum atomic E-state index is -0.780. The Morgan fingerprint density at radius 3 is 2.57 bits per heavy atom. The third-order valence-electron chi connectivity index (χ3n) is 4.76. The molecule has 3 rings (SSSR count). The summed E-state index contributed by atoms with van der Waals surface area (Å²) in [6.07, 6.45) is 3.99. The first kappa shape index (κ1) is 20.1. The average Bonchev–Trinajstić information content (AvgIpc) is 2.82. The van der Waals surface area contributed by atoms with Gasteiger partial charge in [-0.3, -0.25) is 14.9 Å². The van der Waals surface area contributed by atoms with E-state index in [0.29, 0.717) is 16.1 Å². The lowest BCUT2D eigenvalue weighted by Crippen LogP contribution is -2.32. The number of amides is 3. The highest BCUT2D eigenvalue weighted by Gasteiger charge is 2.27. The average molecular weight is 401 g/mol. The zero-order chi connectivity index (χ0) is 20.1.